The minimum Gasteiger partial charge on any atom is -0.488 e. The number of hydrogen-bond donors (Lipinski definition) is 0. The maximum atomic E-state index is 10.8. The quantitative estimate of drug-likeness (QED) is 0.126. The highest BCUT2D eigenvalue weighted by Gasteiger charge is 2.08. The number of nitro groups is 1. The molecule has 0 aliphatic rings. The number of benzene rings is 4. The Morgan fingerprint density at radius 3 is 2.44 bits per heavy atom. The first-order valence-corrected chi connectivity index (χ1v) is 10.6. The van der Waals surface area contributed by atoms with E-state index in [1.807, 2.05) is 66.7 Å². The molecule has 32 heavy (non-hydrogen) atoms. The predicted octanol–water partition coefficient (Wildman–Crippen LogP) is 7.15. The van der Waals surface area contributed by atoms with E-state index in [4.69, 9.17) is 4.74 Å². The van der Waals surface area contributed by atoms with Gasteiger partial charge >= 0.3 is 0 Å². The summed E-state index contributed by atoms with van der Waals surface area (Å²) in [6, 6.07) is 28.2. The Labute approximate surface area is 193 Å². The number of nitro benzene ring substituents is 1. The molecule has 6 heteroatoms. The summed E-state index contributed by atoms with van der Waals surface area (Å²) in [7, 11) is 0. The summed E-state index contributed by atoms with van der Waals surface area (Å²) in [5, 5.41) is 22.7. The molecule has 0 fully saturated rings. The molecular weight excluding hydrogens is 468 g/mol. The standard InChI is InChI=1S/C26H17BrN2O3/c27-25-14-19(7-12-26(25)32-17-18-5-10-24(11-6-18)29(30)31)13-23(16-28)22-9-8-20-3-1-2-4-21(20)15-22/h1-15H,17H2/b23-13-. The number of non-ortho nitro benzene ring substituents is 1. The SMILES string of the molecule is N#C/C(=C/c1ccc(OCc2ccc([N+](=O)[O-])cc2)c(Br)c1)c1ccc2ccccc2c1. The van der Waals surface area contributed by atoms with Crippen LogP contribution in [0.4, 0.5) is 5.69 Å². The summed E-state index contributed by atoms with van der Waals surface area (Å²) in [6.45, 7) is 0.284. The van der Waals surface area contributed by atoms with Gasteiger partial charge in [-0.2, -0.15) is 5.26 Å². The molecule has 156 valence electrons. The highest BCUT2D eigenvalue weighted by atomic mass is 79.9. The largest absolute Gasteiger partial charge is 0.488 e. The maximum Gasteiger partial charge on any atom is 0.269 e. The van der Waals surface area contributed by atoms with Crippen LogP contribution in [0, 0.1) is 21.4 Å². The third-order valence-corrected chi connectivity index (χ3v) is 5.61. The van der Waals surface area contributed by atoms with Gasteiger partial charge in [0.1, 0.15) is 12.4 Å². The molecule has 4 aromatic carbocycles. The van der Waals surface area contributed by atoms with Crippen molar-refractivity contribution in [2.24, 2.45) is 0 Å². The van der Waals surface area contributed by atoms with Gasteiger partial charge in [0.25, 0.3) is 5.69 Å². The molecule has 0 aliphatic heterocycles. The van der Waals surface area contributed by atoms with Crippen LogP contribution in [-0.4, -0.2) is 4.92 Å². The molecule has 4 rings (SSSR count). The summed E-state index contributed by atoms with van der Waals surface area (Å²) in [4.78, 5) is 10.3. The first-order chi connectivity index (χ1) is 15.5. The average molecular weight is 485 g/mol. The molecule has 0 saturated carbocycles. The fourth-order valence-electron chi connectivity index (χ4n) is 3.30. The molecule has 0 bridgehead atoms. The van der Waals surface area contributed by atoms with E-state index in [1.165, 1.54) is 12.1 Å². The van der Waals surface area contributed by atoms with Gasteiger partial charge in [0.2, 0.25) is 0 Å². The maximum absolute atomic E-state index is 10.8. The van der Waals surface area contributed by atoms with E-state index in [1.54, 1.807) is 12.1 Å². The van der Waals surface area contributed by atoms with E-state index < -0.39 is 4.92 Å². The van der Waals surface area contributed by atoms with Gasteiger partial charge in [-0.1, -0.05) is 42.5 Å². The zero-order valence-electron chi connectivity index (χ0n) is 16.9. The van der Waals surface area contributed by atoms with Gasteiger partial charge in [0.15, 0.2) is 0 Å². The van der Waals surface area contributed by atoms with E-state index >= 15 is 0 Å². The molecule has 0 atom stereocenters. The molecular formula is C26H17BrN2O3. The van der Waals surface area contributed by atoms with Crippen LogP contribution in [0.5, 0.6) is 5.75 Å². The monoisotopic (exact) mass is 484 g/mol. The lowest BCUT2D eigenvalue weighted by atomic mass is 10.0. The zero-order chi connectivity index (χ0) is 22.5. The topological polar surface area (TPSA) is 76.2 Å². The van der Waals surface area contributed by atoms with E-state index in [9.17, 15) is 15.4 Å². The van der Waals surface area contributed by atoms with Crippen molar-refractivity contribution in [3.8, 4) is 11.8 Å². The van der Waals surface area contributed by atoms with Crippen LogP contribution in [0.25, 0.3) is 22.4 Å². The van der Waals surface area contributed by atoms with Gasteiger partial charge in [-0.05, 0) is 79.8 Å². The van der Waals surface area contributed by atoms with Crippen molar-refractivity contribution in [3.63, 3.8) is 0 Å². The molecule has 0 aromatic heterocycles. The van der Waals surface area contributed by atoms with Crippen molar-refractivity contribution in [1.82, 2.24) is 0 Å². The summed E-state index contributed by atoms with van der Waals surface area (Å²) < 4.78 is 6.59. The Morgan fingerprint density at radius 2 is 1.75 bits per heavy atom. The van der Waals surface area contributed by atoms with E-state index in [2.05, 4.69) is 22.0 Å². The number of hydrogen-bond acceptors (Lipinski definition) is 4. The van der Waals surface area contributed by atoms with Crippen molar-refractivity contribution >= 4 is 44.0 Å². The Balaban J connectivity index is 1.51. The molecule has 0 unspecified atom stereocenters. The predicted molar refractivity (Wildman–Crippen MR) is 129 cm³/mol. The van der Waals surface area contributed by atoms with Gasteiger partial charge < -0.3 is 4.74 Å². The van der Waals surface area contributed by atoms with Crippen LogP contribution in [0.1, 0.15) is 16.7 Å². The van der Waals surface area contributed by atoms with Crippen LogP contribution in [0.15, 0.2) is 89.4 Å². The number of ether oxygens (including phenoxy) is 1. The Kier molecular flexibility index (Phi) is 6.29. The van der Waals surface area contributed by atoms with E-state index in [-0.39, 0.29) is 12.3 Å². The molecule has 0 saturated heterocycles. The second-order valence-electron chi connectivity index (χ2n) is 7.13. The molecule has 0 aliphatic carbocycles. The van der Waals surface area contributed by atoms with Crippen LogP contribution in [0.3, 0.4) is 0 Å². The van der Waals surface area contributed by atoms with Crippen LogP contribution in [0.2, 0.25) is 0 Å². The minimum atomic E-state index is -0.430. The van der Waals surface area contributed by atoms with Gasteiger partial charge in [-0.3, -0.25) is 10.1 Å². The van der Waals surface area contributed by atoms with Crippen molar-refractivity contribution in [1.29, 1.82) is 5.26 Å². The first-order valence-electron chi connectivity index (χ1n) is 9.80. The van der Waals surface area contributed by atoms with Crippen molar-refractivity contribution in [2.45, 2.75) is 6.61 Å². The number of nitriles is 1. The average Bonchev–Trinajstić information content (AvgIpc) is 2.82. The van der Waals surface area contributed by atoms with E-state index in [0.717, 1.165) is 31.9 Å². The summed E-state index contributed by atoms with van der Waals surface area (Å²) in [5.74, 6) is 0.643. The molecule has 0 radical (unpaired) electrons. The van der Waals surface area contributed by atoms with Crippen molar-refractivity contribution < 1.29 is 9.66 Å². The lowest BCUT2D eigenvalue weighted by molar-refractivity contribution is -0.384. The number of nitrogens with zero attached hydrogens (tertiary/aromatic N) is 2. The Hall–Kier alpha value is -3.95. The third kappa shape index (κ3) is 4.85. The summed E-state index contributed by atoms with van der Waals surface area (Å²) in [6.07, 6.45) is 1.84. The zero-order valence-corrected chi connectivity index (χ0v) is 18.5. The third-order valence-electron chi connectivity index (χ3n) is 4.99. The number of allylic oxidation sites excluding steroid dienone is 1. The van der Waals surface area contributed by atoms with Crippen LogP contribution < -0.4 is 4.74 Å². The smallest absolute Gasteiger partial charge is 0.269 e. The number of fused-ring (bicyclic) bond motifs is 1. The molecule has 0 amide bonds. The number of rotatable bonds is 6. The molecule has 4 aromatic rings. The van der Waals surface area contributed by atoms with Gasteiger partial charge in [-0.25, -0.2) is 0 Å². The normalized spacial score (nSPS) is 11.2. The fraction of sp³-hybridized carbons (Fsp3) is 0.0385. The molecule has 0 heterocycles. The van der Waals surface area contributed by atoms with Crippen LogP contribution >= 0.6 is 15.9 Å². The second kappa shape index (κ2) is 9.46. The fourth-order valence-corrected chi connectivity index (χ4v) is 3.81. The van der Waals surface area contributed by atoms with Gasteiger partial charge in [0.05, 0.1) is 21.0 Å². The minimum absolute atomic E-state index is 0.0470. The molecule has 0 spiro atoms. The van der Waals surface area contributed by atoms with Crippen molar-refractivity contribution in [2.75, 3.05) is 0 Å². The first kappa shape index (κ1) is 21.3. The summed E-state index contributed by atoms with van der Waals surface area (Å²) >= 11 is 3.53. The molecule has 0 N–H and O–H groups in total. The Morgan fingerprint density at radius 1 is 1.00 bits per heavy atom. The molecule has 5 nitrogen and oxygen atoms in total. The van der Waals surface area contributed by atoms with Crippen LogP contribution in [-0.2, 0) is 6.61 Å². The second-order valence-corrected chi connectivity index (χ2v) is 7.99. The Bertz CT molecular complexity index is 1370. The lowest BCUT2D eigenvalue weighted by Crippen LogP contribution is -1.97. The summed E-state index contributed by atoms with van der Waals surface area (Å²) in [5.41, 5.74) is 3.17. The van der Waals surface area contributed by atoms with Gasteiger partial charge in [0, 0.05) is 12.1 Å². The van der Waals surface area contributed by atoms with Crippen molar-refractivity contribution in [3.05, 3.63) is 116 Å². The number of halogens is 1. The highest BCUT2D eigenvalue weighted by Crippen LogP contribution is 2.29. The van der Waals surface area contributed by atoms with Gasteiger partial charge in [-0.15, -0.1) is 0 Å². The highest BCUT2D eigenvalue weighted by molar-refractivity contribution is 9.10. The van der Waals surface area contributed by atoms with E-state index in [0.29, 0.717) is 11.3 Å². The lowest BCUT2D eigenvalue weighted by Gasteiger charge is -2.09.